The van der Waals surface area contributed by atoms with Gasteiger partial charge in [-0.25, -0.2) is 9.37 Å². The molecule has 1 aliphatic rings. The van der Waals surface area contributed by atoms with Crippen molar-refractivity contribution >= 4 is 34.6 Å². The maximum atomic E-state index is 14.1. The van der Waals surface area contributed by atoms with E-state index in [4.69, 9.17) is 0 Å². The zero-order valence-corrected chi connectivity index (χ0v) is 16.3. The fourth-order valence-electron chi connectivity index (χ4n) is 3.62. The SMILES string of the molecule is CN(Cc1cn(C)c2c(F)cccc12)C(=O)C=Cc1cnc2c(c1)CCC(=O)N2. The number of carbonyl (C=O) groups excluding carboxylic acids is 2. The van der Waals surface area contributed by atoms with Crippen LogP contribution in [0.25, 0.3) is 17.0 Å². The van der Waals surface area contributed by atoms with Gasteiger partial charge in [0.1, 0.15) is 11.6 Å². The molecule has 0 unspecified atom stereocenters. The molecule has 0 radical (unpaired) electrons. The molecule has 0 saturated carbocycles. The molecule has 2 aromatic heterocycles. The minimum atomic E-state index is -0.277. The third kappa shape index (κ3) is 3.76. The van der Waals surface area contributed by atoms with Crippen LogP contribution in [0.4, 0.5) is 10.2 Å². The van der Waals surface area contributed by atoms with Gasteiger partial charge in [0.2, 0.25) is 11.8 Å². The van der Waals surface area contributed by atoms with Gasteiger partial charge in [0.25, 0.3) is 0 Å². The number of aryl methyl sites for hydroxylation is 2. The lowest BCUT2D eigenvalue weighted by Gasteiger charge is -2.16. The van der Waals surface area contributed by atoms with E-state index in [1.165, 1.54) is 12.1 Å². The van der Waals surface area contributed by atoms with Crippen molar-refractivity contribution in [2.24, 2.45) is 7.05 Å². The van der Waals surface area contributed by atoms with Gasteiger partial charge in [-0.05, 0) is 41.3 Å². The highest BCUT2D eigenvalue weighted by atomic mass is 19.1. The summed E-state index contributed by atoms with van der Waals surface area (Å²) >= 11 is 0. The molecule has 0 bridgehead atoms. The molecule has 1 aliphatic heterocycles. The zero-order chi connectivity index (χ0) is 20.5. The van der Waals surface area contributed by atoms with E-state index in [9.17, 15) is 14.0 Å². The Morgan fingerprint density at radius 2 is 2.21 bits per heavy atom. The highest BCUT2D eigenvalue weighted by molar-refractivity contribution is 5.94. The highest BCUT2D eigenvalue weighted by Gasteiger charge is 2.16. The van der Waals surface area contributed by atoms with Gasteiger partial charge < -0.3 is 14.8 Å². The van der Waals surface area contributed by atoms with Crippen LogP contribution in [0, 0.1) is 5.82 Å². The number of halogens is 1. The first-order valence-electron chi connectivity index (χ1n) is 9.37. The maximum absolute atomic E-state index is 14.1. The van der Waals surface area contributed by atoms with Gasteiger partial charge in [0.15, 0.2) is 0 Å². The summed E-state index contributed by atoms with van der Waals surface area (Å²) in [6.45, 7) is 0.373. The van der Waals surface area contributed by atoms with Crippen molar-refractivity contribution < 1.29 is 14.0 Å². The van der Waals surface area contributed by atoms with E-state index in [-0.39, 0.29) is 17.6 Å². The van der Waals surface area contributed by atoms with Crippen molar-refractivity contribution in [3.63, 3.8) is 0 Å². The number of nitrogens with zero attached hydrogens (tertiary/aromatic N) is 3. The van der Waals surface area contributed by atoms with Crippen LogP contribution in [0.3, 0.4) is 0 Å². The standard InChI is InChI=1S/C22H21FN4O2/c1-26(12-16-13-27(2)21-17(16)4-3-5-18(21)23)20(29)9-6-14-10-15-7-8-19(28)25-22(15)24-11-14/h3-6,9-11,13H,7-8,12H2,1-2H3,(H,24,25,28). The van der Waals surface area contributed by atoms with E-state index in [1.54, 1.807) is 41.9 Å². The highest BCUT2D eigenvalue weighted by Crippen LogP contribution is 2.24. The smallest absolute Gasteiger partial charge is 0.246 e. The number of rotatable bonds is 4. The molecular weight excluding hydrogens is 371 g/mol. The van der Waals surface area contributed by atoms with Gasteiger partial charge in [-0.3, -0.25) is 9.59 Å². The van der Waals surface area contributed by atoms with E-state index in [0.29, 0.717) is 30.7 Å². The van der Waals surface area contributed by atoms with Crippen LogP contribution in [0.2, 0.25) is 0 Å². The predicted octanol–water partition coefficient (Wildman–Crippen LogP) is 3.27. The molecule has 0 atom stereocenters. The first kappa shape index (κ1) is 18.9. The minimum absolute atomic E-state index is 0.0292. The van der Waals surface area contributed by atoms with Crippen LogP contribution in [-0.2, 0) is 29.6 Å². The number of amides is 2. The van der Waals surface area contributed by atoms with Crippen LogP contribution in [-0.4, -0.2) is 33.3 Å². The Bertz CT molecular complexity index is 1150. The number of para-hydroxylation sites is 1. The third-order valence-electron chi connectivity index (χ3n) is 5.10. The number of nitrogens with one attached hydrogen (secondary N) is 1. The molecule has 2 amide bonds. The number of anilines is 1. The second kappa shape index (κ2) is 7.50. The molecule has 0 aliphatic carbocycles. The molecular formula is C22H21FN4O2. The number of hydrogen-bond donors (Lipinski definition) is 1. The Labute approximate surface area is 167 Å². The lowest BCUT2D eigenvalue weighted by atomic mass is 10.0. The molecule has 0 spiro atoms. The van der Waals surface area contributed by atoms with Gasteiger partial charge in [-0.15, -0.1) is 0 Å². The molecule has 29 heavy (non-hydrogen) atoms. The van der Waals surface area contributed by atoms with Gasteiger partial charge in [-0.2, -0.15) is 0 Å². The Balaban J connectivity index is 1.48. The summed E-state index contributed by atoms with van der Waals surface area (Å²) in [5.41, 5.74) is 3.18. The molecule has 148 valence electrons. The number of carbonyl (C=O) groups is 2. The zero-order valence-electron chi connectivity index (χ0n) is 16.3. The second-order valence-electron chi connectivity index (χ2n) is 7.25. The van der Waals surface area contributed by atoms with E-state index in [0.717, 1.165) is 22.1 Å². The van der Waals surface area contributed by atoms with Gasteiger partial charge in [-0.1, -0.05) is 12.1 Å². The quantitative estimate of drug-likeness (QED) is 0.693. The van der Waals surface area contributed by atoms with Crippen molar-refractivity contribution in [1.82, 2.24) is 14.5 Å². The normalized spacial score (nSPS) is 13.6. The van der Waals surface area contributed by atoms with Crippen LogP contribution < -0.4 is 5.32 Å². The number of aromatic nitrogens is 2. The Hall–Kier alpha value is -3.48. The van der Waals surface area contributed by atoms with Crippen molar-refractivity contribution in [2.45, 2.75) is 19.4 Å². The number of pyridine rings is 1. The van der Waals surface area contributed by atoms with Crippen LogP contribution in [0.15, 0.2) is 42.7 Å². The third-order valence-corrected chi connectivity index (χ3v) is 5.10. The summed E-state index contributed by atoms with van der Waals surface area (Å²) in [5, 5.41) is 3.54. The summed E-state index contributed by atoms with van der Waals surface area (Å²) in [6, 6.07) is 6.90. The van der Waals surface area contributed by atoms with Crippen LogP contribution >= 0.6 is 0 Å². The van der Waals surface area contributed by atoms with Gasteiger partial charge in [0, 0.05) is 50.9 Å². The number of likely N-dealkylation sites (N-methyl/N-ethyl adjacent to an activating group) is 1. The lowest BCUT2D eigenvalue weighted by molar-refractivity contribution is -0.125. The Morgan fingerprint density at radius 1 is 1.38 bits per heavy atom. The average Bonchev–Trinajstić information content (AvgIpc) is 3.02. The molecule has 3 aromatic rings. The maximum Gasteiger partial charge on any atom is 0.246 e. The fourth-order valence-corrected chi connectivity index (χ4v) is 3.62. The van der Waals surface area contributed by atoms with Crippen molar-refractivity contribution in [3.05, 3.63) is 65.2 Å². The predicted molar refractivity (Wildman–Crippen MR) is 110 cm³/mol. The molecule has 0 saturated heterocycles. The van der Waals surface area contributed by atoms with E-state index < -0.39 is 0 Å². The van der Waals surface area contributed by atoms with E-state index >= 15 is 0 Å². The van der Waals surface area contributed by atoms with Crippen molar-refractivity contribution in [1.29, 1.82) is 0 Å². The summed E-state index contributed by atoms with van der Waals surface area (Å²) in [6.07, 6.45) is 7.77. The monoisotopic (exact) mass is 392 g/mol. The van der Waals surface area contributed by atoms with Crippen molar-refractivity contribution in [3.8, 4) is 0 Å². The second-order valence-corrected chi connectivity index (χ2v) is 7.25. The molecule has 6 nitrogen and oxygen atoms in total. The minimum Gasteiger partial charge on any atom is -0.348 e. The van der Waals surface area contributed by atoms with E-state index in [2.05, 4.69) is 10.3 Å². The molecule has 1 N–H and O–H groups in total. The Kier molecular flexibility index (Phi) is 4.88. The summed E-state index contributed by atoms with van der Waals surface area (Å²) in [5.74, 6) is 0.120. The summed E-state index contributed by atoms with van der Waals surface area (Å²) in [7, 11) is 3.51. The molecule has 3 heterocycles. The summed E-state index contributed by atoms with van der Waals surface area (Å²) < 4.78 is 15.8. The van der Waals surface area contributed by atoms with Gasteiger partial charge >= 0.3 is 0 Å². The van der Waals surface area contributed by atoms with Crippen LogP contribution in [0.1, 0.15) is 23.1 Å². The average molecular weight is 392 g/mol. The summed E-state index contributed by atoms with van der Waals surface area (Å²) in [4.78, 5) is 29.8. The van der Waals surface area contributed by atoms with Gasteiger partial charge in [0.05, 0.1) is 5.52 Å². The topological polar surface area (TPSA) is 67.2 Å². The number of hydrogen-bond acceptors (Lipinski definition) is 3. The molecule has 1 aromatic carbocycles. The largest absolute Gasteiger partial charge is 0.348 e. The number of fused-ring (bicyclic) bond motifs is 2. The first-order valence-corrected chi connectivity index (χ1v) is 9.37. The Morgan fingerprint density at radius 3 is 3.03 bits per heavy atom. The molecule has 7 heteroatoms. The van der Waals surface area contributed by atoms with Crippen LogP contribution in [0.5, 0.6) is 0 Å². The molecule has 4 rings (SSSR count). The lowest BCUT2D eigenvalue weighted by Crippen LogP contribution is -2.24. The van der Waals surface area contributed by atoms with E-state index in [1.807, 2.05) is 18.3 Å². The molecule has 0 fully saturated rings. The fraction of sp³-hybridized carbons (Fsp3) is 0.227. The van der Waals surface area contributed by atoms with Crippen molar-refractivity contribution in [2.75, 3.05) is 12.4 Å². The number of benzene rings is 1. The first-order chi connectivity index (χ1) is 13.9.